The Balaban J connectivity index is 1.96. The van der Waals surface area contributed by atoms with E-state index in [0.29, 0.717) is 18.0 Å². The summed E-state index contributed by atoms with van der Waals surface area (Å²) in [6, 6.07) is 4.13. The van der Waals surface area contributed by atoms with Gasteiger partial charge in [-0.25, -0.2) is 8.78 Å². The molecule has 1 atom stereocenters. The van der Waals surface area contributed by atoms with Crippen LogP contribution in [0.15, 0.2) is 18.2 Å². The van der Waals surface area contributed by atoms with E-state index in [-0.39, 0.29) is 6.04 Å². The molecule has 1 N–H and O–H groups in total. The molecule has 0 amide bonds. The lowest BCUT2D eigenvalue weighted by Crippen LogP contribution is -2.36. The minimum atomic E-state index is -0.792. The Hall–Kier alpha value is -1.04. The normalized spacial score (nSPS) is 18.1. The molecule has 1 heterocycles. The second-order valence-corrected chi connectivity index (χ2v) is 5.76. The third kappa shape index (κ3) is 4.46. The third-order valence-corrected chi connectivity index (χ3v) is 4.11. The van der Waals surface area contributed by atoms with Gasteiger partial charge in [-0.3, -0.25) is 0 Å². The smallest absolute Gasteiger partial charge is 0.163 e. The maximum Gasteiger partial charge on any atom is 0.163 e. The third-order valence-electron chi connectivity index (χ3n) is 4.11. The highest BCUT2D eigenvalue weighted by Gasteiger charge is 2.21. The molecule has 1 aliphatic heterocycles. The molecular weight excluding hydrogens is 274 g/mol. The molecule has 3 nitrogen and oxygen atoms in total. The minimum absolute atomic E-state index is 0.217. The van der Waals surface area contributed by atoms with Gasteiger partial charge in [-0.2, -0.15) is 0 Å². The number of halogens is 2. The highest BCUT2D eigenvalue weighted by Crippen LogP contribution is 2.21. The van der Waals surface area contributed by atoms with E-state index in [9.17, 15) is 8.78 Å². The lowest BCUT2D eigenvalue weighted by Gasteiger charge is -2.30. The Morgan fingerprint density at radius 3 is 2.71 bits per heavy atom. The Kier molecular flexibility index (Phi) is 6.08. The van der Waals surface area contributed by atoms with E-state index in [4.69, 9.17) is 4.74 Å². The fraction of sp³-hybridized carbons (Fsp3) is 0.625. The second kappa shape index (κ2) is 7.82. The van der Waals surface area contributed by atoms with E-state index in [2.05, 4.69) is 10.2 Å². The molecule has 1 aromatic carbocycles. The summed E-state index contributed by atoms with van der Waals surface area (Å²) in [6.45, 7) is 3.26. The summed E-state index contributed by atoms with van der Waals surface area (Å²) in [5, 5.41) is 3.08. The van der Waals surface area contributed by atoms with Gasteiger partial charge in [0.15, 0.2) is 11.6 Å². The van der Waals surface area contributed by atoms with Gasteiger partial charge in [0.05, 0.1) is 0 Å². The average molecular weight is 298 g/mol. The molecule has 1 aliphatic rings. The molecule has 1 unspecified atom stereocenters. The number of ether oxygens (including phenoxy) is 1. The molecule has 1 aromatic rings. The number of nitrogens with zero attached hydrogens (tertiary/aromatic N) is 1. The molecule has 0 spiro atoms. The van der Waals surface area contributed by atoms with Gasteiger partial charge in [-0.1, -0.05) is 12.1 Å². The molecule has 2 rings (SSSR count). The van der Waals surface area contributed by atoms with Crippen LogP contribution in [0.1, 0.15) is 24.4 Å². The van der Waals surface area contributed by atoms with Crippen LogP contribution in [0.25, 0.3) is 0 Å². The zero-order valence-electron chi connectivity index (χ0n) is 12.7. The highest BCUT2D eigenvalue weighted by molar-refractivity contribution is 5.22. The van der Waals surface area contributed by atoms with Crippen LogP contribution in [0.5, 0.6) is 0 Å². The van der Waals surface area contributed by atoms with Crippen molar-refractivity contribution in [3.63, 3.8) is 0 Å². The second-order valence-electron chi connectivity index (χ2n) is 5.76. The van der Waals surface area contributed by atoms with Crippen molar-refractivity contribution in [2.45, 2.75) is 18.9 Å². The lowest BCUT2D eigenvalue weighted by molar-refractivity contribution is 0.0547. The Bertz CT molecular complexity index is 450. The summed E-state index contributed by atoms with van der Waals surface area (Å²) in [7, 11) is 3.80. The van der Waals surface area contributed by atoms with Crippen LogP contribution in [-0.4, -0.2) is 45.3 Å². The largest absolute Gasteiger partial charge is 0.381 e. The van der Waals surface area contributed by atoms with Crippen LogP contribution in [0.3, 0.4) is 0 Å². The van der Waals surface area contributed by atoms with Crippen LogP contribution < -0.4 is 5.32 Å². The van der Waals surface area contributed by atoms with E-state index < -0.39 is 11.6 Å². The Morgan fingerprint density at radius 2 is 2.05 bits per heavy atom. The van der Waals surface area contributed by atoms with Crippen molar-refractivity contribution < 1.29 is 13.5 Å². The van der Waals surface area contributed by atoms with Crippen molar-refractivity contribution in [3.05, 3.63) is 35.4 Å². The van der Waals surface area contributed by atoms with E-state index in [1.54, 1.807) is 19.2 Å². The summed E-state index contributed by atoms with van der Waals surface area (Å²) in [5.41, 5.74) is 0.385. The summed E-state index contributed by atoms with van der Waals surface area (Å²) in [5.74, 6) is -0.922. The monoisotopic (exact) mass is 298 g/mol. The van der Waals surface area contributed by atoms with Gasteiger partial charge >= 0.3 is 0 Å². The Labute approximate surface area is 125 Å². The van der Waals surface area contributed by atoms with Crippen LogP contribution >= 0.6 is 0 Å². The number of hydrogen-bond donors (Lipinski definition) is 1. The molecular formula is C16H24F2N2O. The molecule has 118 valence electrons. The fourth-order valence-electron chi connectivity index (χ4n) is 2.89. The van der Waals surface area contributed by atoms with E-state index in [1.807, 2.05) is 7.05 Å². The summed E-state index contributed by atoms with van der Waals surface area (Å²) >= 11 is 0. The molecule has 1 fully saturated rings. The number of likely N-dealkylation sites (N-methyl/N-ethyl adjacent to an activating group) is 2. The van der Waals surface area contributed by atoms with Crippen molar-refractivity contribution in [1.29, 1.82) is 0 Å². The molecule has 0 saturated carbocycles. The summed E-state index contributed by atoms with van der Waals surface area (Å²) in [6.07, 6.45) is 2.14. The zero-order chi connectivity index (χ0) is 15.2. The minimum Gasteiger partial charge on any atom is -0.381 e. The van der Waals surface area contributed by atoms with Gasteiger partial charge in [-0.05, 0) is 38.9 Å². The first kappa shape index (κ1) is 16.3. The zero-order valence-corrected chi connectivity index (χ0v) is 12.7. The number of benzene rings is 1. The van der Waals surface area contributed by atoms with Crippen LogP contribution in [-0.2, 0) is 4.74 Å². The Morgan fingerprint density at radius 1 is 1.33 bits per heavy atom. The van der Waals surface area contributed by atoms with Gasteiger partial charge in [0, 0.05) is 37.9 Å². The molecule has 0 aliphatic carbocycles. The quantitative estimate of drug-likeness (QED) is 0.873. The van der Waals surface area contributed by atoms with Crippen LogP contribution in [0.2, 0.25) is 0 Å². The summed E-state index contributed by atoms with van der Waals surface area (Å²) < 4.78 is 32.6. The van der Waals surface area contributed by atoms with Gasteiger partial charge in [0.1, 0.15) is 0 Å². The highest BCUT2D eigenvalue weighted by atomic mass is 19.2. The first-order valence-electron chi connectivity index (χ1n) is 7.49. The molecule has 5 heteroatoms. The SMILES string of the molecule is CNC(CN(C)CC1CCOCC1)c1cccc(F)c1F. The maximum absolute atomic E-state index is 13.9. The molecule has 0 radical (unpaired) electrons. The first-order chi connectivity index (χ1) is 10.1. The predicted octanol–water partition coefficient (Wildman–Crippen LogP) is 2.58. The van der Waals surface area contributed by atoms with Gasteiger partial charge in [-0.15, -0.1) is 0 Å². The van der Waals surface area contributed by atoms with Crippen LogP contribution in [0.4, 0.5) is 8.78 Å². The van der Waals surface area contributed by atoms with Crippen molar-refractivity contribution in [2.24, 2.45) is 5.92 Å². The topological polar surface area (TPSA) is 24.5 Å². The van der Waals surface area contributed by atoms with E-state index in [0.717, 1.165) is 38.7 Å². The van der Waals surface area contributed by atoms with E-state index >= 15 is 0 Å². The summed E-state index contributed by atoms with van der Waals surface area (Å²) in [4.78, 5) is 2.18. The van der Waals surface area contributed by atoms with Crippen molar-refractivity contribution in [3.8, 4) is 0 Å². The number of hydrogen-bond acceptors (Lipinski definition) is 3. The van der Waals surface area contributed by atoms with E-state index in [1.165, 1.54) is 0 Å². The maximum atomic E-state index is 13.9. The first-order valence-corrected chi connectivity index (χ1v) is 7.49. The van der Waals surface area contributed by atoms with Gasteiger partial charge < -0.3 is 15.0 Å². The standard InChI is InChI=1S/C16H24F2N2O/c1-19-15(13-4-3-5-14(17)16(13)18)11-20(2)10-12-6-8-21-9-7-12/h3-5,12,15,19H,6-11H2,1-2H3. The molecule has 0 aromatic heterocycles. The van der Waals surface area contributed by atoms with Gasteiger partial charge in [0.2, 0.25) is 0 Å². The van der Waals surface area contributed by atoms with Crippen molar-refractivity contribution in [1.82, 2.24) is 10.2 Å². The van der Waals surface area contributed by atoms with Crippen molar-refractivity contribution in [2.75, 3.05) is 40.4 Å². The lowest BCUT2D eigenvalue weighted by atomic mass is 9.99. The van der Waals surface area contributed by atoms with Crippen LogP contribution in [0, 0.1) is 17.6 Å². The predicted molar refractivity (Wildman–Crippen MR) is 79.2 cm³/mol. The molecule has 21 heavy (non-hydrogen) atoms. The van der Waals surface area contributed by atoms with Crippen molar-refractivity contribution >= 4 is 0 Å². The van der Waals surface area contributed by atoms with Gasteiger partial charge in [0.25, 0.3) is 0 Å². The number of rotatable bonds is 6. The molecule has 1 saturated heterocycles. The average Bonchev–Trinajstić information content (AvgIpc) is 2.49. The fourth-order valence-corrected chi connectivity index (χ4v) is 2.89. The number of nitrogens with one attached hydrogen (secondary N) is 1. The molecule has 0 bridgehead atoms.